The molecule has 0 aromatic rings. The SMILES string of the molecule is CCCCCCCCCCCC[C@@H]1OC[C@@H]([C@@H]2O[C@@H](OC[C@H](O)COC(=O)CCCCCCCCCCC)[C@@H](O)C2O)O1. The molecule has 0 spiro atoms. The summed E-state index contributed by atoms with van der Waals surface area (Å²) in [6.45, 7) is 4.35. The Kier molecular flexibility index (Phi) is 21.8. The first kappa shape index (κ1) is 38.4. The van der Waals surface area contributed by atoms with E-state index in [-0.39, 0.29) is 32.1 Å². The third-order valence-corrected chi connectivity index (χ3v) is 8.56. The van der Waals surface area contributed by atoms with Gasteiger partial charge in [0.15, 0.2) is 12.6 Å². The van der Waals surface area contributed by atoms with Gasteiger partial charge in [-0.3, -0.25) is 4.79 Å². The van der Waals surface area contributed by atoms with E-state index in [1.807, 2.05) is 0 Å². The van der Waals surface area contributed by atoms with Crippen molar-refractivity contribution in [2.45, 2.75) is 192 Å². The highest BCUT2D eigenvalue weighted by Gasteiger charge is 2.49. The Hall–Kier alpha value is -0.810. The molecule has 7 atom stereocenters. The highest BCUT2D eigenvalue weighted by Crippen LogP contribution is 2.30. The maximum atomic E-state index is 12.0. The molecule has 2 rings (SSSR count). The Morgan fingerprint density at radius 2 is 1.26 bits per heavy atom. The maximum Gasteiger partial charge on any atom is 0.305 e. The topological polar surface area (TPSA) is 124 Å². The quantitative estimate of drug-likeness (QED) is 0.0718. The van der Waals surface area contributed by atoms with E-state index in [0.717, 1.165) is 38.5 Å². The number of carbonyl (C=O) groups is 1. The van der Waals surface area contributed by atoms with Gasteiger partial charge in [0.05, 0.1) is 13.2 Å². The Balaban J connectivity index is 1.50. The zero-order valence-electron chi connectivity index (χ0n) is 27.3. The fraction of sp³-hybridized carbons (Fsp3) is 0.971. The van der Waals surface area contributed by atoms with Gasteiger partial charge in [0, 0.05) is 6.42 Å². The van der Waals surface area contributed by atoms with E-state index < -0.39 is 36.8 Å². The van der Waals surface area contributed by atoms with Gasteiger partial charge in [-0.2, -0.15) is 0 Å². The zero-order chi connectivity index (χ0) is 31.1. The minimum atomic E-state index is -1.28. The van der Waals surface area contributed by atoms with E-state index in [9.17, 15) is 20.1 Å². The van der Waals surface area contributed by atoms with E-state index in [1.165, 1.54) is 89.9 Å². The monoisotopic (exact) mass is 616 g/mol. The third kappa shape index (κ3) is 16.9. The molecule has 9 heteroatoms. The Bertz CT molecular complexity index is 678. The lowest BCUT2D eigenvalue weighted by atomic mass is 10.1. The molecule has 0 saturated carbocycles. The fourth-order valence-electron chi connectivity index (χ4n) is 5.81. The molecule has 1 unspecified atom stereocenters. The van der Waals surface area contributed by atoms with Crippen LogP contribution in [0, 0.1) is 0 Å². The summed E-state index contributed by atoms with van der Waals surface area (Å²) in [5.41, 5.74) is 0. The lowest BCUT2D eigenvalue weighted by Gasteiger charge is -2.20. The van der Waals surface area contributed by atoms with Crippen molar-refractivity contribution in [3.8, 4) is 0 Å². The molecule has 2 aliphatic heterocycles. The van der Waals surface area contributed by atoms with Gasteiger partial charge in [-0.15, -0.1) is 0 Å². The van der Waals surface area contributed by atoms with Crippen LogP contribution in [0.4, 0.5) is 0 Å². The van der Waals surface area contributed by atoms with Crippen molar-refractivity contribution in [2.24, 2.45) is 0 Å². The van der Waals surface area contributed by atoms with Crippen molar-refractivity contribution < 1.29 is 43.8 Å². The molecule has 2 saturated heterocycles. The van der Waals surface area contributed by atoms with Gasteiger partial charge in [0.2, 0.25) is 0 Å². The zero-order valence-corrected chi connectivity index (χ0v) is 27.3. The molecule has 43 heavy (non-hydrogen) atoms. The number of ether oxygens (including phenoxy) is 5. The Morgan fingerprint density at radius 1 is 0.721 bits per heavy atom. The smallest absolute Gasteiger partial charge is 0.305 e. The average Bonchev–Trinajstić information content (AvgIpc) is 3.58. The summed E-state index contributed by atoms with van der Waals surface area (Å²) in [4.78, 5) is 12.0. The van der Waals surface area contributed by atoms with E-state index >= 15 is 0 Å². The molecule has 0 aliphatic carbocycles. The summed E-state index contributed by atoms with van der Waals surface area (Å²) in [5, 5.41) is 31.2. The Labute approximate surface area is 261 Å². The summed E-state index contributed by atoms with van der Waals surface area (Å²) < 4.78 is 28.2. The van der Waals surface area contributed by atoms with Gasteiger partial charge in [-0.1, -0.05) is 123 Å². The summed E-state index contributed by atoms with van der Waals surface area (Å²) >= 11 is 0. The number of rotatable bonds is 27. The maximum absolute atomic E-state index is 12.0. The van der Waals surface area contributed by atoms with Crippen LogP contribution in [0.5, 0.6) is 0 Å². The summed E-state index contributed by atoms with van der Waals surface area (Å²) in [6.07, 6.45) is 18.1. The number of esters is 1. The van der Waals surface area contributed by atoms with E-state index in [0.29, 0.717) is 6.42 Å². The van der Waals surface area contributed by atoms with Gasteiger partial charge in [-0.25, -0.2) is 0 Å². The summed E-state index contributed by atoms with van der Waals surface area (Å²) in [7, 11) is 0. The fourth-order valence-corrected chi connectivity index (χ4v) is 5.81. The molecule has 0 bridgehead atoms. The normalized spacial score (nSPS) is 26.3. The molecule has 2 aliphatic rings. The second kappa shape index (κ2) is 24.4. The van der Waals surface area contributed by atoms with Crippen molar-refractivity contribution in [1.29, 1.82) is 0 Å². The van der Waals surface area contributed by atoms with Crippen LogP contribution in [0.1, 0.15) is 149 Å². The van der Waals surface area contributed by atoms with Crippen LogP contribution in [0.3, 0.4) is 0 Å². The summed E-state index contributed by atoms with van der Waals surface area (Å²) in [6, 6.07) is 0. The first-order valence-corrected chi connectivity index (χ1v) is 17.7. The molecule has 3 N–H and O–H groups in total. The minimum absolute atomic E-state index is 0.189. The van der Waals surface area contributed by atoms with E-state index in [4.69, 9.17) is 23.7 Å². The molecule has 2 fully saturated rings. The second-order valence-corrected chi connectivity index (χ2v) is 12.6. The number of aliphatic hydroxyl groups is 3. The van der Waals surface area contributed by atoms with Crippen molar-refractivity contribution in [3.63, 3.8) is 0 Å². The van der Waals surface area contributed by atoms with Crippen LogP contribution < -0.4 is 0 Å². The molecule has 0 aromatic heterocycles. The van der Waals surface area contributed by atoms with Gasteiger partial charge < -0.3 is 39.0 Å². The molecule has 254 valence electrons. The predicted octanol–water partition coefficient (Wildman–Crippen LogP) is 6.33. The number of carbonyl (C=O) groups excluding carboxylic acids is 1. The molecular weight excluding hydrogens is 552 g/mol. The Morgan fingerprint density at radius 3 is 1.84 bits per heavy atom. The van der Waals surface area contributed by atoms with Crippen molar-refractivity contribution >= 4 is 5.97 Å². The van der Waals surface area contributed by atoms with Crippen LogP contribution in [-0.2, 0) is 28.5 Å². The van der Waals surface area contributed by atoms with Crippen molar-refractivity contribution in [3.05, 3.63) is 0 Å². The standard InChI is InChI=1S/C34H64O9/c1-3-5-7-9-11-13-15-17-19-21-23-30-40-26-28(42-30)33-31(37)32(38)34(43-33)41-25-27(35)24-39-29(36)22-20-18-16-14-12-10-8-6-4-2/h27-28,30-35,37-38H,3-26H2,1-2H3/t27-,28+,30-,31?,32+,33+,34-/m1/s1. The molecule has 0 aromatic carbocycles. The number of unbranched alkanes of at least 4 members (excludes halogenated alkanes) is 17. The van der Waals surface area contributed by atoms with Gasteiger partial charge in [0.1, 0.15) is 37.1 Å². The van der Waals surface area contributed by atoms with E-state index in [2.05, 4.69) is 13.8 Å². The van der Waals surface area contributed by atoms with Crippen molar-refractivity contribution in [2.75, 3.05) is 19.8 Å². The van der Waals surface area contributed by atoms with Crippen molar-refractivity contribution in [1.82, 2.24) is 0 Å². The number of aliphatic hydroxyl groups excluding tert-OH is 3. The van der Waals surface area contributed by atoms with Crippen LogP contribution >= 0.6 is 0 Å². The summed E-state index contributed by atoms with van der Waals surface area (Å²) in [5.74, 6) is -0.333. The lowest BCUT2D eigenvalue weighted by Crippen LogP contribution is -2.40. The molecule has 9 nitrogen and oxygen atoms in total. The van der Waals surface area contributed by atoms with Gasteiger partial charge in [0.25, 0.3) is 0 Å². The van der Waals surface area contributed by atoms with E-state index in [1.54, 1.807) is 0 Å². The van der Waals surface area contributed by atoms with Crippen LogP contribution in [0.2, 0.25) is 0 Å². The number of hydrogen-bond acceptors (Lipinski definition) is 9. The molecule has 2 heterocycles. The molecular formula is C34H64O9. The highest BCUT2D eigenvalue weighted by molar-refractivity contribution is 5.69. The number of hydrogen-bond donors (Lipinski definition) is 3. The first-order chi connectivity index (χ1) is 21.0. The third-order valence-electron chi connectivity index (χ3n) is 8.56. The first-order valence-electron chi connectivity index (χ1n) is 17.7. The van der Waals surface area contributed by atoms with Crippen LogP contribution in [0.25, 0.3) is 0 Å². The highest BCUT2D eigenvalue weighted by atomic mass is 16.8. The predicted molar refractivity (Wildman–Crippen MR) is 167 cm³/mol. The van der Waals surface area contributed by atoms with Gasteiger partial charge >= 0.3 is 5.97 Å². The van der Waals surface area contributed by atoms with Gasteiger partial charge in [-0.05, 0) is 19.3 Å². The van der Waals surface area contributed by atoms with Crippen LogP contribution in [-0.4, -0.2) is 84.2 Å². The molecule has 0 radical (unpaired) electrons. The largest absolute Gasteiger partial charge is 0.463 e. The molecule has 0 amide bonds. The lowest BCUT2D eigenvalue weighted by molar-refractivity contribution is -0.195. The second-order valence-electron chi connectivity index (χ2n) is 12.6. The minimum Gasteiger partial charge on any atom is -0.463 e. The van der Waals surface area contributed by atoms with Crippen LogP contribution in [0.15, 0.2) is 0 Å². The average molecular weight is 617 g/mol.